The maximum Gasteiger partial charge on any atom is 0.333 e. The van der Waals surface area contributed by atoms with Gasteiger partial charge in [0.15, 0.2) is 17.4 Å². The van der Waals surface area contributed by atoms with E-state index in [1.54, 1.807) is 25.1 Å². The fraction of sp³-hybridized carbons (Fsp3) is 0.522. The quantitative estimate of drug-likeness (QED) is 0.0243. The number of hydrogen-bond acceptors (Lipinski definition) is 12. The fourth-order valence-electron chi connectivity index (χ4n) is 6.23. The minimum absolute atomic E-state index is 0.0811. The van der Waals surface area contributed by atoms with Crippen LogP contribution in [0.15, 0.2) is 54.6 Å². The van der Waals surface area contributed by atoms with Crippen LogP contribution in [-0.2, 0) is 54.1 Å². The SMILES string of the molecule is C=C(C)C(=O)OCCCc1cc(-c2cc(F)c(OCCCCCC)c(F)c2)ccc1OCCCC(CCC(=O)CC(=O)OC)(CCC(=O)CC(=O)OC)COC(=O)C(=C)C. The molecule has 0 fully saturated rings. The Kier molecular flexibility index (Phi) is 22.5. The number of aryl methyl sites for hydroxylation is 1. The Bertz CT molecular complexity index is 1760. The molecule has 0 heterocycles. The monoisotopic (exact) mass is 842 g/mol. The maximum absolute atomic E-state index is 15.2. The third-order valence-electron chi connectivity index (χ3n) is 9.78. The molecule has 14 heteroatoms. The van der Waals surface area contributed by atoms with Crippen LogP contribution in [-0.4, -0.2) is 76.1 Å². The number of rotatable bonds is 30. The smallest absolute Gasteiger partial charge is 0.333 e. The largest absolute Gasteiger partial charge is 0.493 e. The Balaban J connectivity index is 2.39. The van der Waals surface area contributed by atoms with Crippen molar-refractivity contribution in [3.05, 3.63) is 71.8 Å². The van der Waals surface area contributed by atoms with Gasteiger partial charge in [-0.2, -0.15) is 0 Å². The van der Waals surface area contributed by atoms with Crippen LogP contribution in [0.1, 0.15) is 110 Å². The molecule has 0 aliphatic rings. The minimum Gasteiger partial charge on any atom is -0.493 e. The summed E-state index contributed by atoms with van der Waals surface area (Å²) in [6.45, 7) is 12.5. The summed E-state index contributed by atoms with van der Waals surface area (Å²) in [5.74, 6) is -5.04. The molecule has 2 aromatic rings. The molecule has 0 saturated carbocycles. The number of ether oxygens (including phenoxy) is 6. The van der Waals surface area contributed by atoms with Gasteiger partial charge in [0.25, 0.3) is 0 Å². The van der Waals surface area contributed by atoms with Gasteiger partial charge in [-0.3, -0.25) is 19.2 Å². The van der Waals surface area contributed by atoms with E-state index in [9.17, 15) is 28.8 Å². The number of unbranched alkanes of at least 4 members (excludes halogenated alkanes) is 3. The molecule has 60 heavy (non-hydrogen) atoms. The van der Waals surface area contributed by atoms with Gasteiger partial charge in [-0.25, -0.2) is 18.4 Å². The molecule has 0 unspecified atom stereocenters. The highest BCUT2D eigenvalue weighted by Gasteiger charge is 2.34. The molecule has 2 aromatic carbocycles. The predicted molar refractivity (Wildman–Crippen MR) is 220 cm³/mol. The van der Waals surface area contributed by atoms with Crippen molar-refractivity contribution in [3.63, 3.8) is 0 Å². The average Bonchev–Trinajstić information content (AvgIpc) is 3.21. The molecule has 0 bridgehead atoms. The second-order valence-electron chi connectivity index (χ2n) is 14.9. The first-order valence-electron chi connectivity index (χ1n) is 20.2. The van der Waals surface area contributed by atoms with E-state index in [4.69, 9.17) is 18.9 Å². The van der Waals surface area contributed by atoms with E-state index < -0.39 is 71.1 Å². The standard InChI is InChI=1S/C46H60F2O12/c1-8-9-10-11-22-58-43-38(47)26-35(27-39(43)48)33-15-16-40(34(25-33)14-12-23-59-44(53)31(2)3)57-24-13-19-46(30-60-45(54)32(4)5,20-17-36(49)28-41(51)55-6)21-18-37(50)29-42(52)56-7/h15-16,25-27H,2,4,8-14,17-24,28-30H2,1,3,5-7H3. The summed E-state index contributed by atoms with van der Waals surface area (Å²) in [5, 5.41) is 0. The molecule has 0 saturated heterocycles. The second-order valence-corrected chi connectivity index (χ2v) is 14.9. The molecule has 0 spiro atoms. The van der Waals surface area contributed by atoms with E-state index in [1.165, 1.54) is 33.3 Å². The lowest BCUT2D eigenvalue weighted by Crippen LogP contribution is -2.31. The number of carbonyl (C=O) groups is 6. The molecule has 330 valence electrons. The number of methoxy groups -OCH3 is 2. The van der Waals surface area contributed by atoms with Crippen molar-refractivity contribution in [2.24, 2.45) is 5.41 Å². The molecule has 0 aliphatic carbocycles. The van der Waals surface area contributed by atoms with Gasteiger partial charge in [-0.15, -0.1) is 0 Å². The first-order valence-corrected chi connectivity index (χ1v) is 20.2. The zero-order valence-corrected chi connectivity index (χ0v) is 35.7. The normalized spacial score (nSPS) is 11.0. The van der Waals surface area contributed by atoms with Gasteiger partial charge in [-0.05, 0) is 99.7 Å². The Morgan fingerprint density at radius 3 is 1.77 bits per heavy atom. The Morgan fingerprint density at radius 1 is 0.650 bits per heavy atom. The number of hydrogen-bond donors (Lipinski definition) is 0. The fourth-order valence-corrected chi connectivity index (χ4v) is 6.23. The van der Waals surface area contributed by atoms with Crippen LogP contribution >= 0.6 is 0 Å². The Morgan fingerprint density at radius 2 is 1.22 bits per heavy atom. The van der Waals surface area contributed by atoms with Crippen molar-refractivity contribution < 1.29 is 66.0 Å². The van der Waals surface area contributed by atoms with Crippen molar-refractivity contribution >= 4 is 35.4 Å². The highest BCUT2D eigenvalue weighted by molar-refractivity contribution is 5.96. The summed E-state index contributed by atoms with van der Waals surface area (Å²) in [6.07, 6.45) is 4.19. The van der Waals surface area contributed by atoms with Crippen LogP contribution in [0, 0.1) is 17.0 Å². The van der Waals surface area contributed by atoms with Gasteiger partial charge in [0.2, 0.25) is 0 Å². The summed E-state index contributed by atoms with van der Waals surface area (Å²) < 4.78 is 62.2. The van der Waals surface area contributed by atoms with Gasteiger partial charge in [0, 0.05) is 29.4 Å². The molecule has 0 N–H and O–H groups in total. The number of ketones is 2. The molecule has 0 atom stereocenters. The van der Waals surface area contributed by atoms with Crippen LogP contribution in [0.3, 0.4) is 0 Å². The van der Waals surface area contributed by atoms with Crippen molar-refractivity contribution in [1.82, 2.24) is 0 Å². The Labute approximate surface area is 351 Å². The molecular weight excluding hydrogens is 782 g/mol. The van der Waals surface area contributed by atoms with Crippen molar-refractivity contribution in [2.75, 3.05) is 40.6 Å². The molecule has 12 nitrogen and oxygen atoms in total. The van der Waals surface area contributed by atoms with Crippen LogP contribution in [0.4, 0.5) is 8.78 Å². The highest BCUT2D eigenvalue weighted by atomic mass is 19.1. The maximum atomic E-state index is 15.2. The van der Waals surface area contributed by atoms with Crippen LogP contribution in [0.2, 0.25) is 0 Å². The number of esters is 4. The van der Waals surface area contributed by atoms with Crippen LogP contribution < -0.4 is 9.47 Å². The minimum atomic E-state index is -0.953. The van der Waals surface area contributed by atoms with Crippen molar-refractivity contribution in [2.45, 2.75) is 111 Å². The van der Waals surface area contributed by atoms with Gasteiger partial charge < -0.3 is 28.4 Å². The van der Waals surface area contributed by atoms with E-state index in [0.29, 0.717) is 49.0 Å². The lowest BCUT2D eigenvalue weighted by Gasteiger charge is -2.33. The topological polar surface area (TPSA) is 158 Å². The number of carbonyl (C=O) groups excluding carboxylic acids is 6. The third kappa shape index (κ3) is 18.3. The summed E-state index contributed by atoms with van der Waals surface area (Å²) in [7, 11) is 2.34. The van der Waals surface area contributed by atoms with Crippen LogP contribution in [0.5, 0.6) is 11.5 Å². The number of Topliss-reactive ketones (excluding diaryl/α,β-unsaturated/α-hetero) is 2. The van der Waals surface area contributed by atoms with Crippen molar-refractivity contribution in [1.29, 1.82) is 0 Å². The summed E-state index contributed by atoms with van der Waals surface area (Å²) in [4.78, 5) is 73.7. The Hall–Kier alpha value is -5.40. The molecule has 0 aromatic heterocycles. The van der Waals surface area contributed by atoms with Gasteiger partial charge in [0.1, 0.15) is 30.2 Å². The first kappa shape index (κ1) is 50.7. The summed E-state index contributed by atoms with van der Waals surface area (Å²) in [6, 6.07) is 7.52. The number of benzene rings is 2. The molecule has 0 radical (unpaired) electrons. The zero-order chi connectivity index (χ0) is 44.7. The zero-order valence-electron chi connectivity index (χ0n) is 35.7. The van der Waals surface area contributed by atoms with Gasteiger partial charge >= 0.3 is 23.9 Å². The van der Waals surface area contributed by atoms with Crippen LogP contribution in [0.25, 0.3) is 11.1 Å². The molecule has 2 rings (SSSR count). The molecule has 0 aliphatic heterocycles. The van der Waals surface area contributed by atoms with E-state index in [-0.39, 0.29) is 68.8 Å². The van der Waals surface area contributed by atoms with Gasteiger partial charge in [0.05, 0.1) is 40.6 Å². The van der Waals surface area contributed by atoms with Crippen molar-refractivity contribution in [3.8, 4) is 22.6 Å². The lowest BCUT2D eigenvalue weighted by molar-refractivity contribution is -0.144. The van der Waals surface area contributed by atoms with E-state index in [1.807, 2.05) is 0 Å². The van der Waals surface area contributed by atoms with E-state index >= 15 is 8.78 Å². The van der Waals surface area contributed by atoms with E-state index in [2.05, 4.69) is 29.6 Å². The average molecular weight is 843 g/mol. The predicted octanol–water partition coefficient (Wildman–Crippen LogP) is 8.73. The lowest BCUT2D eigenvalue weighted by atomic mass is 9.74. The summed E-state index contributed by atoms with van der Waals surface area (Å²) >= 11 is 0. The van der Waals surface area contributed by atoms with Gasteiger partial charge in [-0.1, -0.05) is 45.4 Å². The van der Waals surface area contributed by atoms with E-state index in [0.717, 1.165) is 19.3 Å². The highest BCUT2D eigenvalue weighted by Crippen LogP contribution is 2.38. The third-order valence-corrected chi connectivity index (χ3v) is 9.78. The molecular formula is C46H60F2O12. The second kappa shape index (κ2) is 26.6. The molecule has 0 amide bonds. The number of halogens is 2. The summed E-state index contributed by atoms with van der Waals surface area (Å²) in [5.41, 5.74) is 0.904. The first-order chi connectivity index (χ1) is 28.5.